The number of tetrazole rings is 1. The SMILES string of the molecule is CCOC(=O)C(C)(C)c1nnnn1CC[C@H]1O[C@H](c2cccc(OC)c2OC)c2cc(Cl)ccc2-n2cccc21. The average molecular weight is 566 g/mol. The van der Waals surface area contributed by atoms with Crippen molar-refractivity contribution in [2.24, 2.45) is 0 Å². The number of fused-ring (bicyclic) bond motifs is 3. The fraction of sp³-hybridized carbons (Fsp3) is 0.379. The molecule has 2 aromatic heterocycles. The van der Waals surface area contributed by atoms with E-state index >= 15 is 0 Å². The molecule has 1 aliphatic rings. The van der Waals surface area contributed by atoms with Crippen molar-refractivity contribution in [1.29, 1.82) is 0 Å². The number of aryl methyl sites for hydroxylation is 1. The summed E-state index contributed by atoms with van der Waals surface area (Å²) in [6.45, 7) is 5.96. The molecule has 0 fully saturated rings. The first-order chi connectivity index (χ1) is 19.3. The number of hydrogen-bond donors (Lipinski definition) is 0. The highest BCUT2D eigenvalue weighted by atomic mass is 35.5. The lowest BCUT2D eigenvalue weighted by atomic mass is 9.92. The first-order valence-corrected chi connectivity index (χ1v) is 13.4. The maximum atomic E-state index is 12.7. The molecule has 210 valence electrons. The molecule has 1 aliphatic heterocycles. The second kappa shape index (κ2) is 11.3. The largest absolute Gasteiger partial charge is 0.493 e. The number of ether oxygens (including phenoxy) is 4. The first-order valence-electron chi connectivity index (χ1n) is 13.1. The zero-order chi connectivity index (χ0) is 28.4. The van der Waals surface area contributed by atoms with E-state index in [0.717, 1.165) is 22.5 Å². The number of hydrogen-bond acceptors (Lipinski definition) is 8. The summed E-state index contributed by atoms with van der Waals surface area (Å²) in [4.78, 5) is 12.7. The van der Waals surface area contributed by atoms with Crippen LogP contribution >= 0.6 is 11.6 Å². The second-order valence-corrected chi connectivity index (χ2v) is 10.4. The molecule has 10 nitrogen and oxygen atoms in total. The molecular formula is C29H32ClN5O5. The Morgan fingerprint density at radius 2 is 1.93 bits per heavy atom. The maximum absolute atomic E-state index is 12.7. The van der Waals surface area contributed by atoms with Gasteiger partial charge in [-0.2, -0.15) is 0 Å². The molecule has 5 rings (SSSR count). The van der Waals surface area contributed by atoms with Gasteiger partial charge in [-0.3, -0.25) is 4.79 Å². The van der Waals surface area contributed by atoms with Crippen LogP contribution in [-0.4, -0.2) is 51.6 Å². The summed E-state index contributed by atoms with van der Waals surface area (Å²) in [5, 5.41) is 12.8. The molecule has 0 unspecified atom stereocenters. The molecular weight excluding hydrogens is 534 g/mol. The van der Waals surface area contributed by atoms with E-state index in [9.17, 15) is 4.79 Å². The minimum absolute atomic E-state index is 0.274. The van der Waals surface area contributed by atoms with Crippen molar-refractivity contribution in [2.75, 3.05) is 20.8 Å². The molecule has 2 aromatic carbocycles. The van der Waals surface area contributed by atoms with Crippen molar-refractivity contribution in [3.8, 4) is 17.2 Å². The van der Waals surface area contributed by atoms with Gasteiger partial charge in [-0.05, 0) is 74.0 Å². The van der Waals surface area contributed by atoms with Crippen LogP contribution in [0.25, 0.3) is 5.69 Å². The Balaban J connectivity index is 1.55. The standard InChI is InChI=1S/C29H32ClN5O5/c1-6-39-28(36)29(2,3)27-31-32-33-35(27)16-14-23-22-10-8-15-34(22)21-13-12-18(30)17-20(21)25(40-23)19-9-7-11-24(37-4)26(19)38-5/h7-13,15,17,23,25H,6,14,16H2,1-5H3/t23-,25-/m1/s1. The number of carbonyl (C=O) groups excluding carboxylic acids is 1. The molecule has 0 radical (unpaired) electrons. The third-order valence-corrected chi connectivity index (χ3v) is 7.37. The van der Waals surface area contributed by atoms with E-state index in [0.29, 0.717) is 35.3 Å². The molecule has 0 bridgehead atoms. The third kappa shape index (κ3) is 4.93. The highest BCUT2D eigenvalue weighted by Crippen LogP contribution is 2.46. The number of halogens is 1. The van der Waals surface area contributed by atoms with Crippen molar-refractivity contribution in [3.05, 3.63) is 82.4 Å². The Labute approximate surface area is 237 Å². The predicted molar refractivity (Wildman–Crippen MR) is 148 cm³/mol. The monoisotopic (exact) mass is 565 g/mol. The van der Waals surface area contributed by atoms with Gasteiger partial charge in [0.2, 0.25) is 0 Å². The van der Waals surface area contributed by atoms with Gasteiger partial charge in [-0.15, -0.1) is 5.10 Å². The Hall–Kier alpha value is -3.89. The van der Waals surface area contributed by atoms with E-state index in [-0.39, 0.29) is 18.7 Å². The Bertz CT molecular complexity index is 1510. The normalized spacial score (nSPS) is 16.6. The molecule has 11 heteroatoms. The molecule has 0 saturated heterocycles. The summed E-state index contributed by atoms with van der Waals surface area (Å²) in [5.74, 6) is 1.23. The van der Waals surface area contributed by atoms with E-state index in [1.54, 1.807) is 39.7 Å². The van der Waals surface area contributed by atoms with Crippen molar-refractivity contribution >= 4 is 17.6 Å². The van der Waals surface area contributed by atoms with E-state index in [1.807, 2.05) is 54.7 Å². The van der Waals surface area contributed by atoms with Gasteiger partial charge in [0.15, 0.2) is 17.3 Å². The molecule has 0 amide bonds. The molecule has 4 aromatic rings. The summed E-state index contributed by atoms with van der Waals surface area (Å²) in [7, 11) is 3.22. The maximum Gasteiger partial charge on any atom is 0.319 e. The van der Waals surface area contributed by atoms with Crippen LogP contribution < -0.4 is 9.47 Å². The number of nitrogens with zero attached hydrogens (tertiary/aromatic N) is 5. The molecule has 2 atom stereocenters. The van der Waals surface area contributed by atoms with Gasteiger partial charge in [0.1, 0.15) is 17.6 Å². The number of benzene rings is 2. The minimum Gasteiger partial charge on any atom is -0.493 e. The third-order valence-electron chi connectivity index (χ3n) is 7.14. The quantitative estimate of drug-likeness (QED) is 0.254. The zero-order valence-corrected chi connectivity index (χ0v) is 23.9. The van der Waals surface area contributed by atoms with E-state index < -0.39 is 11.5 Å². The number of aromatic nitrogens is 5. The van der Waals surface area contributed by atoms with Crippen molar-refractivity contribution in [2.45, 2.75) is 51.4 Å². The van der Waals surface area contributed by atoms with E-state index in [2.05, 4.69) is 20.1 Å². The van der Waals surface area contributed by atoms with Crippen LogP contribution in [0.4, 0.5) is 0 Å². The van der Waals surface area contributed by atoms with Crippen molar-refractivity contribution in [3.63, 3.8) is 0 Å². The first kappa shape index (κ1) is 27.7. The summed E-state index contributed by atoms with van der Waals surface area (Å²) in [6, 6.07) is 15.5. The minimum atomic E-state index is -1.02. The summed E-state index contributed by atoms with van der Waals surface area (Å²) in [5.41, 5.74) is 2.60. The summed E-state index contributed by atoms with van der Waals surface area (Å²) < 4.78 is 27.3. The molecule has 40 heavy (non-hydrogen) atoms. The second-order valence-electron chi connectivity index (χ2n) is 9.95. The average Bonchev–Trinajstić information content (AvgIpc) is 3.61. The van der Waals surface area contributed by atoms with Gasteiger partial charge in [0.05, 0.1) is 32.2 Å². The fourth-order valence-corrected chi connectivity index (χ4v) is 5.34. The van der Waals surface area contributed by atoms with Crippen LogP contribution in [0.1, 0.15) is 62.0 Å². The van der Waals surface area contributed by atoms with Crippen LogP contribution in [0, 0.1) is 0 Å². The van der Waals surface area contributed by atoms with Gasteiger partial charge in [-0.25, -0.2) is 4.68 Å². The summed E-state index contributed by atoms with van der Waals surface area (Å²) >= 11 is 6.51. The van der Waals surface area contributed by atoms with Crippen LogP contribution in [0.3, 0.4) is 0 Å². The molecule has 0 spiro atoms. The Morgan fingerprint density at radius 1 is 1.10 bits per heavy atom. The van der Waals surface area contributed by atoms with E-state index in [1.165, 1.54) is 0 Å². The number of methoxy groups -OCH3 is 2. The molecule has 0 aliphatic carbocycles. The fourth-order valence-electron chi connectivity index (χ4n) is 5.16. The summed E-state index contributed by atoms with van der Waals surface area (Å²) in [6.07, 6.45) is 1.64. The van der Waals surface area contributed by atoms with Crippen LogP contribution in [0.2, 0.25) is 5.02 Å². The zero-order valence-electron chi connectivity index (χ0n) is 23.1. The highest BCUT2D eigenvalue weighted by molar-refractivity contribution is 6.30. The lowest BCUT2D eigenvalue weighted by molar-refractivity contribution is -0.149. The van der Waals surface area contributed by atoms with Gasteiger partial charge < -0.3 is 23.5 Å². The molecule has 0 saturated carbocycles. The number of esters is 1. The Kier molecular flexibility index (Phi) is 7.82. The predicted octanol–water partition coefficient (Wildman–Crippen LogP) is 5.23. The molecule has 3 heterocycles. The number of para-hydroxylation sites is 1. The van der Waals surface area contributed by atoms with Crippen LogP contribution in [0.5, 0.6) is 11.5 Å². The van der Waals surface area contributed by atoms with Gasteiger partial charge in [0.25, 0.3) is 0 Å². The van der Waals surface area contributed by atoms with Gasteiger partial charge in [-0.1, -0.05) is 23.7 Å². The van der Waals surface area contributed by atoms with Crippen molar-refractivity contribution < 1.29 is 23.7 Å². The van der Waals surface area contributed by atoms with E-state index in [4.69, 9.17) is 30.5 Å². The highest BCUT2D eigenvalue weighted by Gasteiger charge is 2.38. The van der Waals surface area contributed by atoms with Crippen molar-refractivity contribution in [1.82, 2.24) is 24.8 Å². The smallest absolute Gasteiger partial charge is 0.319 e. The number of carbonyl (C=O) groups is 1. The van der Waals surface area contributed by atoms with Gasteiger partial charge in [0, 0.05) is 28.9 Å². The molecule has 0 N–H and O–H groups in total. The number of rotatable bonds is 9. The topological polar surface area (TPSA) is 103 Å². The Morgan fingerprint density at radius 3 is 2.67 bits per heavy atom. The lowest BCUT2D eigenvalue weighted by Gasteiger charge is -2.26. The van der Waals surface area contributed by atoms with Crippen LogP contribution in [0.15, 0.2) is 54.7 Å². The van der Waals surface area contributed by atoms with Crippen LogP contribution in [-0.2, 0) is 26.2 Å². The van der Waals surface area contributed by atoms with Gasteiger partial charge >= 0.3 is 5.97 Å². The lowest BCUT2D eigenvalue weighted by Crippen LogP contribution is -2.34.